The molecule has 3 atom stereocenters. The highest BCUT2D eigenvalue weighted by Gasteiger charge is 2.38. The van der Waals surface area contributed by atoms with Gasteiger partial charge in [-0.2, -0.15) is 0 Å². The Morgan fingerprint density at radius 3 is 2.62 bits per heavy atom. The number of benzene rings is 1. The van der Waals surface area contributed by atoms with Crippen molar-refractivity contribution in [1.29, 1.82) is 0 Å². The van der Waals surface area contributed by atoms with E-state index in [4.69, 9.17) is 10.8 Å². The summed E-state index contributed by atoms with van der Waals surface area (Å²) in [5, 5.41) is 8.81. The molecule has 1 aliphatic heterocycles. The van der Waals surface area contributed by atoms with Crippen LogP contribution in [0.15, 0.2) is 12.1 Å². The van der Waals surface area contributed by atoms with Crippen LogP contribution in [0.1, 0.15) is 29.6 Å². The van der Waals surface area contributed by atoms with Gasteiger partial charge in [-0.15, -0.1) is 0 Å². The molecule has 1 aromatic carbocycles. The Morgan fingerprint density at radius 1 is 1.19 bits per heavy atom. The Hall–Kier alpha value is -1.69. The Balaban J connectivity index is 1.85. The van der Waals surface area contributed by atoms with E-state index >= 15 is 0 Å². The van der Waals surface area contributed by atoms with Crippen LogP contribution >= 0.6 is 0 Å². The highest BCUT2D eigenvalue weighted by Crippen LogP contribution is 2.38. The topological polar surface area (TPSA) is 66.6 Å². The molecular formula is C15H18F2N2O2. The molecule has 1 heterocycles. The number of carboxylic acid groups (broad SMARTS) is 1. The normalized spacial score (nSPS) is 28.5. The molecule has 0 spiro atoms. The minimum atomic E-state index is -1.46. The Labute approximate surface area is 121 Å². The van der Waals surface area contributed by atoms with E-state index in [0.29, 0.717) is 24.9 Å². The Kier molecular flexibility index (Phi) is 3.57. The monoisotopic (exact) mass is 296 g/mol. The van der Waals surface area contributed by atoms with Crippen molar-refractivity contribution in [3.05, 3.63) is 29.3 Å². The highest BCUT2D eigenvalue weighted by molar-refractivity contribution is 5.88. The van der Waals surface area contributed by atoms with Gasteiger partial charge in [-0.3, -0.25) is 0 Å². The summed E-state index contributed by atoms with van der Waals surface area (Å²) in [4.78, 5) is 12.6. The van der Waals surface area contributed by atoms with Crippen LogP contribution < -0.4 is 10.6 Å². The van der Waals surface area contributed by atoms with Crippen molar-refractivity contribution < 1.29 is 18.7 Å². The fraction of sp³-hybridized carbons (Fsp3) is 0.533. The van der Waals surface area contributed by atoms with Gasteiger partial charge in [0.05, 0.1) is 11.3 Å². The molecule has 0 radical (unpaired) electrons. The van der Waals surface area contributed by atoms with Gasteiger partial charge in [-0.05, 0) is 43.2 Å². The summed E-state index contributed by atoms with van der Waals surface area (Å²) in [7, 11) is 0. The van der Waals surface area contributed by atoms with Gasteiger partial charge in [0.25, 0.3) is 0 Å². The van der Waals surface area contributed by atoms with Gasteiger partial charge in [0.1, 0.15) is 0 Å². The third-order valence-corrected chi connectivity index (χ3v) is 4.72. The molecule has 114 valence electrons. The molecule has 2 aliphatic rings. The molecule has 1 saturated heterocycles. The number of aromatic carboxylic acids is 1. The van der Waals surface area contributed by atoms with E-state index in [1.165, 1.54) is 6.07 Å². The summed E-state index contributed by atoms with van der Waals surface area (Å²) in [6, 6.07) is 2.69. The van der Waals surface area contributed by atoms with E-state index in [2.05, 4.69) is 0 Å². The van der Waals surface area contributed by atoms with Crippen molar-refractivity contribution in [2.24, 2.45) is 17.6 Å². The number of nitrogens with two attached hydrogens (primary N) is 1. The summed E-state index contributed by atoms with van der Waals surface area (Å²) in [5.74, 6) is -2.94. The molecule has 3 rings (SSSR count). The maximum Gasteiger partial charge on any atom is 0.338 e. The van der Waals surface area contributed by atoms with E-state index < -0.39 is 23.2 Å². The second kappa shape index (κ2) is 5.26. The zero-order valence-corrected chi connectivity index (χ0v) is 11.6. The lowest BCUT2D eigenvalue weighted by Gasteiger charge is -2.27. The molecule has 0 aromatic heterocycles. The summed E-state index contributed by atoms with van der Waals surface area (Å²) >= 11 is 0. The molecule has 1 aliphatic carbocycles. The van der Waals surface area contributed by atoms with Gasteiger partial charge < -0.3 is 15.7 Å². The molecule has 1 unspecified atom stereocenters. The molecule has 1 saturated carbocycles. The summed E-state index contributed by atoms with van der Waals surface area (Å²) in [6.45, 7) is 1.33. The SMILES string of the molecule is NC1CC[C@@H]2CN(c3ccc(C(=O)O)c(F)c3F)C[C@@H]2C1. The van der Waals surface area contributed by atoms with Crippen molar-refractivity contribution in [3.63, 3.8) is 0 Å². The number of fused-ring (bicyclic) bond motifs is 1. The third-order valence-electron chi connectivity index (χ3n) is 4.72. The Morgan fingerprint density at radius 2 is 1.90 bits per heavy atom. The molecule has 1 aromatic rings. The average molecular weight is 296 g/mol. The van der Waals surface area contributed by atoms with Crippen LogP contribution in [0.3, 0.4) is 0 Å². The quantitative estimate of drug-likeness (QED) is 0.878. The number of carboxylic acids is 1. The molecule has 0 bridgehead atoms. The van der Waals surface area contributed by atoms with Crippen LogP contribution in [0, 0.1) is 23.5 Å². The minimum absolute atomic E-state index is 0.153. The second-order valence-electron chi connectivity index (χ2n) is 6.06. The highest BCUT2D eigenvalue weighted by atomic mass is 19.2. The van der Waals surface area contributed by atoms with Crippen LogP contribution in [0.25, 0.3) is 0 Å². The van der Waals surface area contributed by atoms with Crippen LogP contribution in [0.5, 0.6) is 0 Å². The van der Waals surface area contributed by atoms with E-state index in [1.807, 2.05) is 4.90 Å². The van der Waals surface area contributed by atoms with E-state index in [-0.39, 0.29) is 11.7 Å². The molecule has 0 amide bonds. The molecule has 21 heavy (non-hydrogen) atoms. The zero-order chi connectivity index (χ0) is 15.1. The van der Waals surface area contributed by atoms with Crippen molar-refractivity contribution in [2.45, 2.75) is 25.3 Å². The van der Waals surface area contributed by atoms with Crippen LogP contribution in [-0.4, -0.2) is 30.2 Å². The molecule has 3 N–H and O–H groups in total. The van der Waals surface area contributed by atoms with Gasteiger partial charge in [0.2, 0.25) is 0 Å². The first-order valence-electron chi connectivity index (χ1n) is 7.19. The Bertz CT molecular complexity index is 579. The molecule has 4 nitrogen and oxygen atoms in total. The number of nitrogens with zero attached hydrogens (tertiary/aromatic N) is 1. The van der Waals surface area contributed by atoms with Crippen molar-refractivity contribution in [2.75, 3.05) is 18.0 Å². The lowest BCUT2D eigenvalue weighted by Crippen LogP contribution is -2.32. The predicted molar refractivity (Wildman–Crippen MR) is 74.3 cm³/mol. The number of hydrogen-bond donors (Lipinski definition) is 2. The van der Waals surface area contributed by atoms with Gasteiger partial charge in [-0.25, -0.2) is 13.6 Å². The van der Waals surface area contributed by atoms with Crippen molar-refractivity contribution in [3.8, 4) is 0 Å². The molecular weight excluding hydrogens is 278 g/mol. The van der Waals surface area contributed by atoms with Gasteiger partial charge in [-0.1, -0.05) is 0 Å². The maximum atomic E-state index is 14.1. The van der Waals surface area contributed by atoms with Crippen molar-refractivity contribution >= 4 is 11.7 Å². The number of hydrogen-bond acceptors (Lipinski definition) is 3. The summed E-state index contributed by atoms with van der Waals surface area (Å²) < 4.78 is 27.9. The van der Waals surface area contributed by atoms with Crippen molar-refractivity contribution in [1.82, 2.24) is 0 Å². The fourth-order valence-electron chi connectivity index (χ4n) is 3.61. The number of rotatable bonds is 2. The van der Waals surface area contributed by atoms with Crippen LogP contribution in [0.4, 0.5) is 14.5 Å². The van der Waals surface area contributed by atoms with E-state index in [9.17, 15) is 13.6 Å². The lowest BCUT2D eigenvalue weighted by atomic mass is 9.79. The van der Waals surface area contributed by atoms with Gasteiger partial charge in [0, 0.05) is 19.1 Å². The largest absolute Gasteiger partial charge is 0.478 e. The van der Waals surface area contributed by atoms with E-state index in [1.54, 1.807) is 0 Å². The zero-order valence-electron chi connectivity index (χ0n) is 11.6. The average Bonchev–Trinajstić information content (AvgIpc) is 2.83. The van der Waals surface area contributed by atoms with Crippen LogP contribution in [-0.2, 0) is 0 Å². The third kappa shape index (κ3) is 2.48. The van der Waals surface area contributed by atoms with Gasteiger partial charge >= 0.3 is 5.97 Å². The van der Waals surface area contributed by atoms with Crippen LogP contribution in [0.2, 0.25) is 0 Å². The fourth-order valence-corrected chi connectivity index (χ4v) is 3.61. The summed E-state index contributed by atoms with van der Waals surface area (Å²) in [5.41, 5.74) is 5.49. The first kappa shape index (κ1) is 14.3. The van der Waals surface area contributed by atoms with Gasteiger partial charge in [0.15, 0.2) is 11.6 Å². The standard InChI is InChI=1S/C15H18F2N2O2/c16-13-11(15(20)21)3-4-12(14(13)17)19-6-8-1-2-10(18)5-9(8)7-19/h3-4,8-10H,1-2,5-7,18H2,(H,20,21)/t8-,9+,10?/m1/s1. The molecule has 6 heteroatoms. The summed E-state index contributed by atoms with van der Waals surface area (Å²) in [6.07, 6.45) is 2.90. The number of carbonyl (C=O) groups is 1. The number of anilines is 1. The first-order chi connectivity index (χ1) is 9.97. The smallest absolute Gasteiger partial charge is 0.338 e. The predicted octanol–water partition coefficient (Wildman–Crippen LogP) is 2.23. The molecule has 2 fully saturated rings. The number of halogens is 2. The second-order valence-corrected chi connectivity index (χ2v) is 6.06. The maximum absolute atomic E-state index is 14.1. The first-order valence-corrected chi connectivity index (χ1v) is 7.19. The minimum Gasteiger partial charge on any atom is -0.478 e. The van der Waals surface area contributed by atoms with E-state index in [0.717, 1.165) is 25.3 Å². The lowest BCUT2D eigenvalue weighted by molar-refractivity contribution is 0.0690.